The van der Waals surface area contributed by atoms with E-state index in [1.165, 1.54) is 4.90 Å². The number of benzene rings is 2. The Hall–Kier alpha value is -4.14. The molecule has 1 aliphatic rings. The molecule has 0 bridgehead atoms. The number of carboxylic acid groups (broad SMARTS) is 1. The molecule has 0 unspecified atom stereocenters. The maximum Gasteiger partial charge on any atom is 0.407 e. The van der Waals surface area contributed by atoms with Gasteiger partial charge in [0.25, 0.3) is 0 Å². The molecule has 180 valence electrons. The van der Waals surface area contributed by atoms with Crippen molar-refractivity contribution in [2.45, 2.75) is 38.3 Å². The van der Waals surface area contributed by atoms with Crippen molar-refractivity contribution in [2.24, 2.45) is 0 Å². The van der Waals surface area contributed by atoms with Crippen LogP contribution in [0.4, 0.5) is 10.6 Å². The monoisotopic (exact) mass is 472 g/mol. The number of hydrogen-bond donors (Lipinski definition) is 2. The highest BCUT2D eigenvalue weighted by Gasteiger charge is 2.34. The fourth-order valence-electron chi connectivity index (χ4n) is 4.42. The summed E-state index contributed by atoms with van der Waals surface area (Å²) in [6.45, 7) is 5.49. The number of para-hydroxylation sites is 1. The number of fused-ring (bicyclic) bond motifs is 1. The number of anilines is 1. The molecule has 0 saturated carbocycles. The largest absolute Gasteiger partial charge is 0.489 e. The molecule has 1 fully saturated rings. The molecule has 0 spiro atoms. The van der Waals surface area contributed by atoms with Gasteiger partial charge in [-0.2, -0.15) is 10.2 Å². The highest BCUT2D eigenvalue weighted by atomic mass is 16.5. The van der Waals surface area contributed by atoms with Crippen LogP contribution in [0, 0.1) is 0 Å². The number of ether oxygens (including phenoxy) is 1. The maximum atomic E-state index is 11.2. The molecule has 1 saturated heterocycles. The highest BCUT2D eigenvalue weighted by Crippen LogP contribution is 2.34. The molecule has 2 aromatic heterocycles. The Morgan fingerprint density at radius 1 is 1.11 bits per heavy atom. The Morgan fingerprint density at radius 2 is 1.83 bits per heavy atom. The Bertz CT molecular complexity index is 1360. The predicted octanol–water partition coefficient (Wildman–Crippen LogP) is 4.04. The smallest absolute Gasteiger partial charge is 0.407 e. The molecule has 9 nitrogen and oxygen atoms in total. The van der Waals surface area contributed by atoms with Crippen molar-refractivity contribution in [3.8, 4) is 5.75 Å². The van der Waals surface area contributed by atoms with Gasteiger partial charge in [0, 0.05) is 18.5 Å². The number of nitrogens with two attached hydrogens (primary N) is 1. The molecule has 0 radical (unpaired) electrons. The summed E-state index contributed by atoms with van der Waals surface area (Å²) in [5.41, 5.74) is 10.0. The molecule has 3 N–H and O–H groups in total. The van der Waals surface area contributed by atoms with E-state index in [1.807, 2.05) is 54.6 Å². The minimum absolute atomic E-state index is 0.0711. The number of carbonyl (C=O) groups is 1. The molecule has 4 aromatic rings. The lowest BCUT2D eigenvalue weighted by Gasteiger charge is -2.37. The summed E-state index contributed by atoms with van der Waals surface area (Å²) in [7, 11) is 0. The van der Waals surface area contributed by atoms with Gasteiger partial charge < -0.3 is 20.5 Å². The lowest BCUT2D eigenvalue weighted by atomic mass is 9.82. The number of nitrogens with zero attached hydrogens (tertiary/aromatic N) is 5. The average Bonchev–Trinajstić information content (AvgIpc) is 3.13. The van der Waals surface area contributed by atoms with Crippen LogP contribution in [0.3, 0.4) is 0 Å². The van der Waals surface area contributed by atoms with Crippen LogP contribution >= 0.6 is 0 Å². The van der Waals surface area contributed by atoms with Crippen LogP contribution in [0.15, 0.2) is 60.7 Å². The van der Waals surface area contributed by atoms with Gasteiger partial charge in [0.2, 0.25) is 0 Å². The first-order valence-electron chi connectivity index (χ1n) is 11.6. The van der Waals surface area contributed by atoms with Crippen LogP contribution in [-0.4, -0.2) is 49.2 Å². The van der Waals surface area contributed by atoms with Crippen LogP contribution in [0.25, 0.3) is 11.0 Å². The van der Waals surface area contributed by atoms with Crippen LogP contribution in [0.2, 0.25) is 0 Å². The van der Waals surface area contributed by atoms with Gasteiger partial charge in [0.15, 0.2) is 11.3 Å². The first kappa shape index (κ1) is 22.6. The van der Waals surface area contributed by atoms with Gasteiger partial charge in [-0.05, 0) is 29.7 Å². The van der Waals surface area contributed by atoms with Gasteiger partial charge in [-0.1, -0.05) is 62.4 Å². The zero-order valence-corrected chi connectivity index (χ0v) is 19.8. The third kappa shape index (κ3) is 4.49. The number of hydrogen-bond acceptors (Lipinski definition) is 6. The van der Waals surface area contributed by atoms with E-state index in [2.05, 4.69) is 35.2 Å². The van der Waals surface area contributed by atoms with Crippen molar-refractivity contribution in [3.05, 3.63) is 77.5 Å². The molecule has 5 rings (SSSR count). The van der Waals surface area contributed by atoms with Gasteiger partial charge in [-0.3, -0.25) is 4.68 Å². The zero-order valence-electron chi connectivity index (χ0n) is 19.8. The Kier molecular flexibility index (Phi) is 5.76. The summed E-state index contributed by atoms with van der Waals surface area (Å²) in [5, 5.41) is 22.5. The van der Waals surface area contributed by atoms with Crippen LogP contribution in [0.1, 0.15) is 36.7 Å². The number of aromatic nitrogens is 4. The van der Waals surface area contributed by atoms with Crippen LogP contribution < -0.4 is 10.5 Å². The van der Waals surface area contributed by atoms with Gasteiger partial charge >= 0.3 is 6.09 Å². The molecule has 0 atom stereocenters. The fourth-order valence-corrected chi connectivity index (χ4v) is 4.42. The summed E-state index contributed by atoms with van der Waals surface area (Å²) in [4.78, 5) is 12.5. The molecule has 1 amide bonds. The third-order valence-electron chi connectivity index (χ3n) is 6.49. The van der Waals surface area contributed by atoms with Crippen LogP contribution in [0.5, 0.6) is 5.75 Å². The topological polar surface area (TPSA) is 119 Å². The highest BCUT2D eigenvalue weighted by molar-refractivity contribution is 5.85. The molecular weight excluding hydrogens is 444 g/mol. The van der Waals surface area contributed by atoms with Crippen molar-refractivity contribution < 1.29 is 14.6 Å². The van der Waals surface area contributed by atoms with E-state index in [4.69, 9.17) is 10.5 Å². The van der Waals surface area contributed by atoms with Crippen LogP contribution in [-0.2, 0) is 18.4 Å². The second kappa shape index (κ2) is 8.90. The van der Waals surface area contributed by atoms with E-state index in [0.717, 1.165) is 28.1 Å². The van der Waals surface area contributed by atoms with E-state index in [9.17, 15) is 9.90 Å². The minimum atomic E-state index is -0.930. The quantitative estimate of drug-likeness (QED) is 0.416. The molecule has 2 aromatic carbocycles. The van der Waals surface area contributed by atoms with Crippen molar-refractivity contribution in [2.75, 3.05) is 18.8 Å². The number of nitrogen functional groups attached to an aromatic ring is 1. The normalized spacial score (nSPS) is 14.2. The zero-order chi connectivity index (χ0) is 24.6. The second-order valence-electron chi connectivity index (χ2n) is 9.58. The molecule has 3 heterocycles. The average molecular weight is 473 g/mol. The summed E-state index contributed by atoms with van der Waals surface area (Å²) in [5.74, 6) is 1.14. The predicted molar refractivity (Wildman–Crippen MR) is 132 cm³/mol. The van der Waals surface area contributed by atoms with Gasteiger partial charge in [0.05, 0.1) is 17.3 Å². The number of likely N-dealkylation sites (tertiary alicyclic amines) is 1. The fraction of sp³-hybridized carbons (Fsp3) is 0.308. The van der Waals surface area contributed by atoms with Gasteiger partial charge in [-0.15, -0.1) is 5.10 Å². The van der Waals surface area contributed by atoms with Crippen molar-refractivity contribution in [3.63, 3.8) is 0 Å². The molecular formula is C26H28N6O3. The van der Waals surface area contributed by atoms with E-state index < -0.39 is 6.09 Å². The lowest BCUT2D eigenvalue weighted by molar-refractivity contribution is 0.0829. The third-order valence-corrected chi connectivity index (χ3v) is 6.49. The second-order valence-corrected chi connectivity index (χ2v) is 9.58. The Labute approximate surface area is 203 Å². The Balaban J connectivity index is 1.39. The Morgan fingerprint density at radius 3 is 2.57 bits per heavy atom. The minimum Gasteiger partial charge on any atom is -0.489 e. The van der Waals surface area contributed by atoms with Crippen molar-refractivity contribution in [1.82, 2.24) is 24.9 Å². The molecule has 9 heteroatoms. The van der Waals surface area contributed by atoms with E-state index in [-0.39, 0.29) is 11.5 Å². The standard InChI is InChI=1S/C26H28N6O3/c1-26(2,13-18-10-6-7-11-21(18)35-16-17-8-4-3-5-9-17)22-12-20-23(29-28-22)24(27)30-32(20)19-14-31(15-19)25(33)34/h3-12,19H,13-16H2,1-2H3,(H2,27,30)(H,33,34). The van der Waals surface area contributed by atoms with E-state index in [1.54, 1.807) is 4.68 Å². The number of rotatable bonds is 7. The summed E-state index contributed by atoms with van der Waals surface area (Å²) >= 11 is 0. The first-order chi connectivity index (χ1) is 16.8. The van der Waals surface area contributed by atoms with Crippen molar-refractivity contribution >= 4 is 22.9 Å². The summed E-state index contributed by atoms with van der Waals surface area (Å²) in [6, 6.07) is 20.0. The SMILES string of the molecule is CC(C)(Cc1ccccc1OCc1ccccc1)c1cc2c(nn1)c(N)nn2C1CN(C(=O)O)C1. The summed E-state index contributed by atoms with van der Waals surface area (Å²) < 4.78 is 7.95. The number of amides is 1. The molecule has 0 aliphatic carbocycles. The summed E-state index contributed by atoms with van der Waals surface area (Å²) in [6.07, 6.45) is -0.238. The van der Waals surface area contributed by atoms with E-state index >= 15 is 0 Å². The first-order valence-corrected chi connectivity index (χ1v) is 11.6. The lowest BCUT2D eigenvalue weighted by Crippen LogP contribution is -2.50. The molecule has 1 aliphatic heterocycles. The van der Waals surface area contributed by atoms with Gasteiger partial charge in [-0.25, -0.2) is 4.79 Å². The maximum absolute atomic E-state index is 11.2. The van der Waals surface area contributed by atoms with Crippen molar-refractivity contribution in [1.29, 1.82) is 0 Å². The van der Waals surface area contributed by atoms with E-state index in [0.29, 0.717) is 37.5 Å². The molecule has 35 heavy (non-hydrogen) atoms. The van der Waals surface area contributed by atoms with Gasteiger partial charge in [0.1, 0.15) is 12.4 Å².